The highest BCUT2D eigenvalue weighted by Gasteiger charge is 2.36. The van der Waals surface area contributed by atoms with Crippen molar-refractivity contribution in [2.45, 2.75) is 124 Å². The zero-order chi connectivity index (χ0) is 39.7. The Balaban J connectivity index is 2.35. The average Bonchev–Trinajstić information content (AvgIpc) is 3.08. The van der Waals surface area contributed by atoms with Crippen molar-refractivity contribution >= 4 is 35.3 Å². The first-order valence-corrected chi connectivity index (χ1v) is 18.8. The molecular weight excluding hydrogens is 672 g/mol. The minimum Gasteiger partial charge on any atom is -0.358 e. The van der Waals surface area contributed by atoms with Crippen LogP contribution in [0.1, 0.15) is 92.2 Å². The minimum atomic E-state index is -1.07. The zero-order valence-corrected chi connectivity index (χ0v) is 32.9. The van der Waals surface area contributed by atoms with Gasteiger partial charge in [-0.25, -0.2) is 0 Å². The van der Waals surface area contributed by atoms with Crippen LogP contribution in [0.2, 0.25) is 0 Å². The lowest BCUT2D eigenvalue weighted by Gasteiger charge is -2.30. The van der Waals surface area contributed by atoms with Crippen LogP contribution in [0, 0.1) is 17.3 Å². The molecule has 0 unspecified atom stereocenters. The summed E-state index contributed by atoms with van der Waals surface area (Å²) in [4.78, 5) is 80.8. The van der Waals surface area contributed by atoms with Crippen molar-refractivity contribution in [3.8, 4) is 0 Å². The van der Waals surface area contributed by atoms with Crippen LogP contribution in [-0.2, 0) is 41.6 Å². The Kier molecular flexibility index (Phi) is 18.4. The molecule has 0 aliphatic heterocycles. The third kappa shape index (κ3) is 15.9. The van der Waals surface area contributed by atoms with Gasteiger partial charge in [-0.3, -0.25) is 28.8 Å². The van der Waals surface area contributed by atoms with Crippen LogP contribution < -0.4 is 32.3 Å². The SMILES string of the molecule is CC(=O)N[C@@H](CCCC[NH3+])C(=O)N[C@@H](CC(C)C)C(=O)N[C@H](C(=O)N[C@@H](Cc1ccccc1)C(=O)N[C@@H](Cc1ccccc1)C(=O)C(C)(C)C)C(C)C. The van der Waals surface area contributed by atoms with Crippen molar-refractivity contribution in [2.24, 2.45) is 17.3 Å². The van der Waals surface area contributed by atoms with Crippen LogP contribution in [-0.4, -0.2) is 72.1 Å². The molecule has 0 radical (unpaired) electrons. The highest BCUT2D eigenvalue weighted by atomic mass is 16.2. The van der Waals surface area contributed by atoms with E-state index in [-0.39, 0.29) is 30.4 Å². The Labute approximate surface area is 315 Å². The molecule has 0 saturated heterocycles. The van der Waals surface area contributed by atoms with Gasteiger partial charge in [0.2, 0.25) is 29.5 Å². The molecule has 5 atom stereocenters. The molecule has 8 N–H and O–H groups in total. The molecule has 0 aliphatic rings. The van der Waals surface area contributed by atoms with Crippen molar-refractivity contribution in [1.82, 2.24) is 26.6 Å². The van der Waals surface area contributed by atoms with Gasteiger partial charge in [0.25, 0.3) is 0 Å². The molecule has 12 nitrogen and oxygen atoms in total. The second-order valence-electron chi connectivity index (χ2n) is 15.6. The van der Waals surface area contributed by atoms with Gasteiger partial charge in [0.15, 0.2) is 5.78 Å². The quantitative estimate of drug-likeness (QED) is 0.107. The van der Waals surface area contributed by atoms with E-state index in [0.717, 1.165) is 17.5 Å². The fourth-order valence-electron chi connectivity index (χ4n) is 5.98. The van der Waals surface area contributed by atoms with E-state index in [2.05, 4.69) is 32.3 Å². The number of carbonyl (C=O) groups is 6. The first kappa shape index (κ1) is 44.6. The number of Topliss-reactive ketones (excluding diaryl/α,β-unsaturated/α-hetero) is 1. The van der Waals surface area contributed by atoms with Gasteiger partial charge in [-0.15, -0.1) is 0 Å². The molecule has 5 amide bonds. The summed E-state index contributed by atoms with van der Waals surface area (Å²) in [5.74, 6) is -3.02. The lowest BCUT2D eigenvalue weighted by molar-refractivity contribution is -0.368. The van der Waals surface area contributed by atoms with Gasteiger partial charge in [-0.2, -0.15) is 0 Å². The number of quaternary nitrogens is 1. The van der Waals surface area contributed by atoms with Crippen LogP contribution >= 0.6 is 0 Å². The molecule has 292 valence electrons. The maximum Gasteiger partial charge on any atom is 0.243 e. The van der Waals surface area contributed by atoms with E-state index < -0.39 is 65.2 Å². The number of nitrogens with one attached hydrogen (secondary N) is 5. The molecular formula is C41H63N6O6+. The summed E-state index contributed by atoms with van der Waals surface area (Å²) < 4.78 is 0. The normalized spacial score (nSPS) is 14.3. The fourth-order valence-corrected chi connectivity index (χ4v) is 5.98. The highest BCUT2D eigenvalue weighted by Crippen LogP contribution is 2.20. The lowest BCUT2D eigenvalue weighted by atomic mass is 9.84. The highest BCUT2D eigenvalue weighted by molar-refractivity contribution is 5.97. The summed E-state index contributed by atoms with van der Waals surface area (Å²) in [5, 5.41) is 14.1. The minimum absolute atomic E-state index is 0.0151. The van der Waals surface area contributed by atoms with Crippen LogP contribution in [0.5, 0.6) is 0 Å². The van der Waals surface area contributed by atoms with E-state index in [1.807, 2.05) is 74.5 Å². The van der Waals surface area contributed by atoms with Crippen LogP contribution in [0.3, 0.4) is 0 Å². The Bertz CT molecular complexity index is 1490. The van der Waals surface area contributed by atoms with Gasteiger partial charge >= 0.3 is 0 Å². The van der Waals surface area contributed by atoms with Gasteiger partial charge in [0.05, 0.1) is 12.6 Å². The standard InChI is InChI=1S/C41H62N6O6/c1-26(2)23-33(45-37(50)31(43-28(5)48)21-15-16-22-42)39(52)47-35(27(3)4)40(53)46-34(25-30-19-13-10-14-20-30)38(51)44-32(36(49)41(6,7)8)24-29-17-11-9-12-18-29/h9-14,17-20,26-27,31-35H,15-16,21-25,42H2,1-8H3,(H,43,48)(H,44,51)(H,45,50)(H,46,53)(H,47,52)/p+1/t31-,32-,33-,34-,35-/m0/s1. The summed E-state index contributed by atoms with van der Waals surface area (Å²) in [6.07, 6.45) is 2.57. The number of ketones is 1. The third-order valence-corrected chi connectivity index (χ3v) is 8.84. The molecule has 2 aromatic rings. The van der Waals surface area contributed by atoms with Crippen molar-refractivity contribution in [3.63, 3.8) is 0 Å². The maximum absolute atomic E-state index is 14.1. The molecule has 0 bridgehead atoms. The van der Waals surface area contributed by atoms with E-state index >= 15 is 0 Å². The van der Waals surface area contributed by atoms with E-state index in [1.165, 1.54) is 6.92 Å². The zero-order valence-electron chi connectivity index (χ0n) is 32.9. The predicted molar refractivity (Wildman–Crippen MR) is 206 cm³/mol. The number of hydrogen-bond donors (Lipinski definition) is 6. The Morgan fingerprint density at radius 2 is 1.08 bits per heavy atom. The summed E-state index contributed by atoms with van der Waals surface area (Å²) in [7, 11) is 0. The molecule has 0 fully saturated rings. The van der Waals surface area contributed by atoms with E-state index in [1.54, 1.807) is 34.6 Å². The first-order chi connectivity index (χ1) is 24.9. The Morgan fingerprint density at radius 3 is 1.55 bits per heavy atom. The number of unbranched alkanes of at least 4 members (excludes halogenated alkanes) is 1. The molecule has 2 rings (SSSR count). The topological polar surface area (TPSA) is 190 Å². The molecule has 0 aromatic heterocycles. The first-order valence-electron chi connectivity index (χ1n) is 18.8. The second-order valence-corrected chi connectivity index (χ2v) is 15.6. The van der Waals surface area contributed by atoms with Crippen LogP contribution in [0.15, 0.2) is 60.7 Å². The van der Waals surface area contributed by atoms with Gasteiger partial charge in [-0.05, 0) is 55.1 Å². The molecule has 12 heteroatoms. The number of amides is 5. The molecule has 53 heavy (non-hydrogen) atoms. The predicted octanol–water partition coefficient (Wildman–Crippen LogP) is 2.65. The van der Waals surface area contributed by atoms with E-state index in [0.29, 0.717) is 25.8 Å². The monoisotopic (exact) mass is 735 g/mol. The van der Waals surface area contributed by atoms with Crippen molar-refractivity contribution in [1.29, 1.82) is 0 Å². The third-order valence-electron chi connectivity index (χ3n) is 8.84. The Morgan fingerprint density at radius 1 is 0.604 bits per heavy atom. The smallest absolute Gasteiger partial charge is 0.243 e. The summed E-state index contributed by atoms with van der Waals surface area (Å²) in [6.45, 7) is 14.8. The Hall–Kier alpha value is -4.58. The number of carbonyl (C=O) groups excluding carboxylic acids is 6. The van der Waals surface area contributed by atoms with Crippen LogP contribution in [0.4, 0.5) is 0 Å². The molecule has 2 aromatic carbocycles. The van der Waals surface area contributed by atoms with E-state index in [4.69, 9.17) is 0 Å². The number of benzene rings is 2. The second kappa shape index (κ2) is 21.8. The average molecular weight is 736 g/mol. The lowest BCUT2D eigenvalue weighted by Crippen LogP contribution is -2.60. The largest absolute Gasteiger partial charge is 0.358 e. The molecule has 0 aliphatic carbocycles. The van der Waals surface area contributed by atoms with Crippen molar-refractivity contribution in [2.75, 3.05) is 6.54 Å². The number of rotatable bonds is 21. The van der Waals surface area contributed by atoms with E-state index in [9.17, 15) is 28.8 Å². The molecule has 0 heterocycles. The van der Waals surface area contributed by atoms with Gasteiger partial charge < -0.3 is 32.3 Å². The fraction of sp³-hybridized carbons (Fsp3) is 0.561. The molecule has 0 saturated carbocycles. The van der Waals surface area contributed by atoms with Gasteiger partial charge in [0, 0.05) is 18.8 Å². The van der Waals surface area contributed by atoms with Crippen molar-refractivity contribution in [3.05, 3.63) is 71.8 Å². The maximum atomic E-state index is 14.1. The van der Waals surface area contributed by atoms with Gasteiger partial charge in [0.1, 0.15) is 24.2 Å². The summed E-state index contributed by atoms with van der Waals surface area (Å²) in [6, 6.07) is 13.9. The molecule has 0 spiro atoms. The van der Waals surface area contributed by atoms with Gasteiger partial charge in [-0.1, -0.05) is 109 Å². The summed E-state index contributed by atoms with van der Waals surface area (Å²) >= 11 is 0. The number of hydrogen-bond acceptors (Lipinski definition) is 6. The van der Waals surface area contributed by atoms with Crippen LogP contribution in [0.25, 0.3) is 0 Å². The summed E-state index contributed by atoms with van der Waals surface area (Å²) in [5.41, 5.74) is 4.77. The van der Waals surface area contributed by atoms with Crippen molar-refractivity contribution < 1.29 is 34.5 Å².